The van der Waals surface area contributed by atoms with Crippen molar-refractivity contribution in [2.24, 2.45) is 0 Å². The lowest BCUT2D eigenvalue weighted by atomic mass is 10.3. The predicted octanol–water partition coefficient (Wildman–Crippen LogP) is 1.22. The van der Waals surface area contributed by atoms with E-state index in [1.54, 1.807) is 0 Å². The maximum atomic E-state index is 8.83. The molecule has 1 atom stereocenters. The van der Waals surface area contributed by atoms with Crippen LogP contribution in [-0.4, -0.2) is 37.6 Å². The molecule has 0 spiro atoms. The minimum Gasteiger partial charge on any atom is -0.304 e. The van der Waals surface area contributed by atoms with Crippen LogP contribution in [0.2, 0.25) is 0 Å². The topological polar surface area (TPSA) is 39.1 Å². The molecule has 0 radical (unpaired) electrons. The lowest BCUT2D eigenvalue weighted by Gasteiger charge is -2.19. The molecule has 0 aliphatic carbocycles. The Hall–Kier alpha value is -0.590. The minimum atomic E-state index is -0.0171. The monoisotopic (exact) mass is 183 g/mol. The molecule has 0 heterocycles. The van der Waals surface area contributed by atoms with E-state index in [0.29, 0.717) is 0 Å². The summed E-state index contributed by atoms with van der Waals surface area (Å²) >= 11 is 0. The SMILES string of the molecule is CCCNC(C#N)CN(C)CCC. The van der Waals surface area contributed by atoms with Crippen LogP contribution in [0.25, 0.3) is 0 Å². The van der Waals surface area contributed by atoms with Crippen LogP contribution < -0.4 is 5.32 Å². The molecule has 1 unspecified atom stereocenters. The van der Waals surface area contributed by atoms with Gasteiger partial charge in [0, 0.05) is 6.54 Å². The van der Waals surface area contributed by atoms with Gasteiger partial charge < -0.3 is 10.2 Å². The first-order valence-electron chi connectivity index (χ1n) is 5.06. The number of nitriles is 1. The molecule has 0 rings (SSSR count). The maximum absolute atomic E-state index is 8.83. The Labute approximate surface area is 81.7 Å². The average molecular weight is 183 g/mol. The zero-order chi connectivity index (χ0) is 10.1. The Kier molecular flexibility index (Phi) is 7.66. The van der Waals surface area contributed by atoms with Gasteiger partial charge in [0.15, 0.2) is 0 Å². The largest absolute Gasteiger partial charge is 0.304 e. The highest BCUT2D eigenvalue weighted by Gasteiger charge is 2.08. The summed E-state index contributed by atoms with van der Waals surface area (Å²) in [7, 11) is 2.06. The van der Waals surface area contributed by atoms with Crippen molar-refractivity contribution in [1.29, 1.82) is 5.26 Å². The normalized spacial score (nSPS) is 12.8. The second kappa shape index (κ2) is 8.03. The molecule has 0 aliphatic heterocycles. The maximum Gasteiger partial charge on any atom is 0.108 e. The van der Waals surface area contributed by atoms with Crippen molar-refractivity contribution in [1.82, 2.24) is 10.2 Å². The van der Waals surface area contributed by atoms with Crippen molar-refractivity contribution in [3.8, 4) is 6.07 Å². The molecular weight excluding hydrogens is 162 g/mol. The van der Waals surface area contributed by atoms with Crippen LogP contribution >= 0.6 is 0 Å². The molecule has 0 fully saturated rings. The molecule has 0 saturated carbocycles. The summed E-state index contributed by atoms with van der Waals surface area (Å²) in [6.07, 6.45) is 2.22. The molecule has 0 bridgehead atoms. The van der Waals surface area contributed by atoms with Gasteiger partial charge in [-0.15, -0.1) is 0 Å². The third-order valence-corrected chi connectivity index (χ3v) is 1.90. The lowest BCUT2D eigenvalue weighted by Crippen LogP contribution is -2.39. The van der Waals surface area contributed by atoms with Gasteiger partial charge in [0.05, 0.1) is 6.07 Å². The van der Waals surface area contributed by atoms with Crippen molar-refractivity contribution >= 4 is 0 Å². The van der Waals surface area contributed by atoms with E-state index < -0.39 is 0 Å². The van der Waals surface area contributed by atoms with Crippen molar-refractivity contribution in [2.45, 2.75) is 32.7 Å². The van der Waals surface area contributed by atoms with Gasteiger partial charge in [-0.2, -0.15) is 5.26 Å². The zero-order valence-corrected chi connectivity index (χ0v) is 9.01. The van der Waals surface area contributed by atoms with E-state index in [2.05, 4.69) is 37.2 Å². The summed E-state index contributed by atoms with van der Waals surface area (Å²) in [5, 5.41) is 12.0. The molecule has 0 saturated heterocycles. The summed E-state index contributed by atoms with van der Waals surface area (Å²) in [6.45, 7) is 7.07. The van der Waals surface area contributed by atoms with E-state index in [1.165, 1.54) is 0 Å². The number of rotatable bonds is 7. The van der Waals surface area contributed by atoms with E-state index in [1.807, 2.05) is 0 Å². The van der Waals surface area contributed by atoms with Gasteiger partial charge in [0.25, 0.3) is 0 Å². The second-order valence-electron chi connectivity index (χ2n) is 3.40. The molecule has 0 aromatic carbocycles. The first-order chi connectivity index (χ1) is 6.24. The molecule has 0 aromatic heterocycles. The summed E-state index contributed by atoms with van der Waals surface area (Å²) in [5.74, 6) is 0. The van der Waals surface area contributed by atoms with Crippen LogP contribution in [0, 0.1) is 11.3 Å². The Morgan fingerprint density at radius 1 is 1.38 bits per heavy atom. The van der Waals surface area contributed by atoms with Crippen LogP contribution in [0.15, 0.2) is 0 Å². The summed E-state index contributed by atoms with van der Waals surface area (Å²) < 4.78 is 0. The van der Waals surface area contributed by atoms with Gasteiger partial charge >= 0.3 is 0 Å². The highest BCUT2D eigenvalue weighted by Crippen LogP contribution is 1.90. The summed E-state index contributed by atoms with van der Waals surface area (Å²) in [6, 6.07) is 2.26. The van der Waals surface area contributed by atoms with E-state index >= 15 is 0 Å². The molecule has 76 valence electrons. The average Bonchev–Trinajstić information content (AvgIpc) is 2.12. The van der Waals surface area contributed by atoms with Crippen LogP contribution in [0.5, 0.6) is 0 Å². The highest BCUT2D eigenvalue weighted by atomic mass is 15.1. The van der Waals surface area contributed by atoms with E-state index in [9.17, 15) is 0 Å². The van der Waals surface area contributed by atoms with Crippen molar-refractivity contribution in [3.05, 3.63) is 0 Å². The Bertz CT molecular complexity index is 151. The number of nitrogens with zero attached hydrogens (tertiary/aromatic N) is 2. The number of hydrogen-bond donors (Lipinski definition) is 1. The predicted molar refractivity (Wildman–Crippen MR) is 55.5 cm³/mol. The van der Waals surface area contributed by atoms with Gasteiger partial charge in [-0.05, 0) is 33.0 Å². The Morgan fingerprint density at radius 2 is 2.08 bits per heavy atom. The van der Waals surface area contributed by atoms with Crippen LogP contribution in [0.1, 0.15) is 26.7 Å². The molecule has 13 heavy (non-hydrogen) atoms. The first-order valence-corrected chi connectivity index (χ1v) is 5.06. The minimum absolute atomic E-state index is 0.0171. The molecular formula is C10H21N3. The molecule has 0 aliphatic rings. The fraction of sp³-hybridized carbons (Fsp3) is 0.900. The fourth-order valence-electron chi connectivity index (χ4n) is 1.25. The lowest BCUT2D eigenvalue weighted by molar-refractivity contribution is 0.311. The van der Waals surface area contributed by atoms with Crippen molar-refractivity contribution in [3.63, 3.8) is 0 Å². The van der Waals surface area contributed by atoms with Crippen molar-refractivity contribution < 1.29 is 0 Å². The van der Waals surface area contributed by atoms with Crippen LogP contribution in [-0.2, 0) is 0 Å². The molecule has 0 amide bonds. The standard InChI is InChI=1S/C10H21N3/c1-4-6-12-10(8-11)9-13(3)7-5-2/h10,12H,4-7,9H2,1-3H3. The second-order valence-corrected chi connectivity index (χ2v) is 3.40. The number of nitrogens with one attached hydrogen (secondary N) is 1. The van der Waals surface area contributed by atoms with Crippen LogP contribution in [0.4, 0.5) is 0 Å². The Morgan fingerprint density at radius 3 is 2.54 bits per heavy atom. The van der Waals surface area contributed by atoms with E-state index in [4.69, 9.17) is 5.26 Å². The summed E-state index contributed by atoms with van der Waals surface area (Å²) in [4.78, 5) is 2.19. The van der Waals surface area contributed by atoms with Gasteiger partial charge in [-0.1, -0.05) is 13.8 Å². The molecule has 1 N–H and O–H groups in total. The number of likely N-dealkylation sites (N-methyl/N-ethyl adjacent to an activating group) is 1. The van der Waals surface area contributed by atoms with Crippen molar-refractivity contribution in [2.75, 3.05) is 26.7 Å². The summed E-state index contributed by atoms with van der Waals surface area (Å²) in [5.41, 5.74) is 0. The van der Waals surface area contributed by atoms with Crippen LogP contribution in [0.3, 0.4) is 0 Å². The zero-order valence-electron chi connectivity index (χ0n) is 9.01. The fourth-order valence-corrected chi connectivity index (χ4v) is 1.25. The highest BCUT2D eigenvalue weighted by molar-refractivity contribution is 4.91. The number of hydrogen-bond acceptors (Lipinski definition) is 3. The van der Waals surface area contributed by atoms with Gasteiger partial charge in [-0.3, -0.25) is 0 Å². The third kappa shape index (κ3) is 6.56. The van der Waals surface area contributed by atoms with Gasteiger partial charge in [-0.25, -0.2) is 0 Å². The molecule has 3 nitrogen and oxygen atoms in total. The Balaban J connectivity index is 3.64. The third-order valence-electron chi connectivity index (χ3n) is 1.90. The van der Waals surface area contributed by atoms with E-state index in [-0.39, 0.29) is 6.04 Å². The quantitative estimate of drug-likeness (QED) is 0.645. The first kappa shape index (κ1) is 12.4. The molecule has 0 aromatic rings. The van der Waals surface area contributed by atoms with Gasteiger partial charge in [0.1, 0.15) is 6.04 Å². The van der Waals surface area contributed by atoms with E-state index in [0.717, 1.165) is 32.5 Å². The smallest absolute Gasteiger partial charge is 0.108 e. The van der Waals surface area contributed by atoms with Gasteiger partial charge in [0.2, 0.25) is 0 Å². The molecule has 3 heteroatoms.